The maximum absolute atomic E-state index is 12.6. The van der Waals surface area contributed by atoms with Gasteiger partial charge in [0.25, 0.3) is 5.91 Å². The molecule has 0 unspecified atom stereocenters. The molecule has 0 saturated carbocycles. The van der Waals surface area contributed by atoms with Crippen LogP contribution in [0.3, 0.4) is 0 Å². The molecule has 24 heavy (non-hydrogen) atoms. The average molecular weight is 324 g/mol. The molecule has 1 aliphatic heterocycles. The second-order valence-corrected chi connectivity index (χ2v) is 6.01. The van der Waals surface area contributed by atoms with Crippen molar-refractivity contribution in [2.75, 3.05) is 23.9 Å². The summed E-state index contributed by atoms with van der Waals surface area (Å²) in [5.74, 6) is 0.379. The van der Waals surface area contributed by atoms with E-state index in [-0.39, 0.29) is 11.8 Å². The normalized spacial score (nSPS) is 13.8. The largest absolute Gasteiger partial charge is 0.491 e. The summed E-state index contributed by atoms with van der Waals surface area (Å²) in [6, 6.07) is 11.1. The van der Waals surface area contributed by atoms with Gasteiger partial charge < -0.3 is 15.0 Å². The van der Waals surface area contributed by atoms with E-state index in [9.17, 15) is 9.59 Å². The van der Waals surface area contributed by atoms with Crippen molar-refractivity contribution in [3.63, 3.8) is 0 Å². The van der Waals surface area contributed by atoms with Crippen LogP contribution in [-0.2, 0) is 4.79 Å². The van der Waals surface area contributed by atoms with Crippen LogP contribution in [0, 0.1) is 13.8 Å². The number of carbonyl (C=O) groups is 2. The molecule has 0 bridgehead atoms. The first-order valence-electron chi connectivity index (χ1n) is 7.88. The molecule has 1 N–H and O–H groups in total. The molecule has 0 radical (unpaired) electrons. The average Bonchev–Trinajstić information content (AvgIpc) is 2.70. The Morgan fingerprint density at radius 2 is 1.96 bits per heavy atom. The summed E-state index contributed by atoms with van der Waals surface area (Å²) in [4.78, 5) is 26.1. The van der Waals surface area contributed by atoms with Crippen LogP contribution in [0.1, 0.15) is 27.9 Å². The van der Waals surface area contributed by atoms with Crippen molar-refractivity contribution < 1.29 is 14.3 Å². The summed E-state index contributed by atoms with van der Waals surface area (Å²) in [6.07, 6.45) is 0.329. The number of nitrogens with zero attached hydrogens (tertiary/aromatic N) is 1. The van der Waals surface area contributed by atoms with Crippen LogP contribution >= 0.6 is 0 Å². The Kier molecular flexibility index (Phi) is 4.25. The third-order valence-corrected chi connectivity index (χ3v) is 4.17. The number of carbonyl (C=O) groups excluding carboxylic acids is 2. The second-order valence-electron chi connectivity index (χ2n) is 6.01. The van der Waals surface area contributed by atoms with Gasteiger partial charge in [0, 0.05) is 18.3 Å². The van der Waals surface area contributed by atoms with Gasteiger partial charge in [0.2, 0.25) is 5.91 Å². The lowest BCUT2D eigenvalue weighted by atomic mass is 10.1. The van der Waals surface area contributed by atoms with E-state index in [1.807, 2.05) is 32.0 Å². The van der Waals surface area contributed by atoms with Crippen molar-refractivity contribution in [1.29, 1.82) is 0 Å². The van der Waals surface area contributed by atoms with Crippen molar-refractivity contribution in [1.82, 2.24) is 0 Å². The van der Waals surface area contributed by atoms with E-state index in [1.165, 1.54) is 4.90 Å². The summed E-state index contributed by atoms with van der Waals surface area (Å²) in [5, 5.41) is 2.93. The molecule has 2 aromatic rings. The van der Waals surface area contributed by atoms with E-state index >= 15 is 0 Å². The number of anilines is 2. The van der Waals surface area contributed by atoms with Gasteiger partial charge in [-0.1, -0.05) is 12.1 Å². The molecule has 0 spiro atoms. The minimum Gasteiger partial charge on any atom is -0.491 e. The van der Waals surface area contributed by atoms with Crippen LogP contribution in [0.5, 0.6) is 5.75 Å². The van der Waals surface area contributed by atoms with Crippen LogP contribution in [0.15, 0.2) is 36.4 Å². The lowest BCUT2D eigenvalue weighted by molar-refractivity contribution is -0.118. The predicted octanol–water partition coefficient (Wildman–Crippen LogP) is 3.30. The Labute approximate surface area is 141 Å². The van der Waals surface area contributed by atoms with Gasteiger partial charge in [-0.15, -0.1) is 0 Å². The van der Waals surface area contributed by atoms with Gasteiger partial charge in [-0.05, 0) is 49.2 Å². The Hall–Kier alpha value is -2.82. The molecule has 1 heterocycles. The topological polar surface area (TPSA) is 58.6 Å². The minimum absolute atomic E-state index is 0.0270. The zero-order chi connectivity index (χ0) is 17.3. The number of fused-ring (bicyclic) bond motifs is 1. The first-order valence-corrected chi connectivity index (χ1v) is 7.88. The van der Waals surface area contributed by atoms with Gasteiger partial charge in [-0.3, -0.25) is 9.59 Å². The van der Waals surface area contributed by atoms with Crippen LogP contribution in [0.4, 0.5) is 11.4 Å². The summed E-state index contributed by atoms with van der Waals surface area (Å²) in [7, 11) is 1.70. The van der Waals surface area contributed by atoms with Crippen molar-refractivity contribution in [2.24, 2.45) is 0 Å². The van der Waals surface area contributed by atoms with Crippen LogP contribution in [0.25, 0.3) is 0 Å². The summed E-state index contributed by atoms with van der Waals surface area (Å²) in [5.41, 5.74) is 3.97. The molecular weight excluding hydrogens is 304 g/mol. The molecule has 124 valence electrons. The number of aryl methyl sites for hydroxylation is 2. The number of hydrogen-bond acceptors (Lipinski definition) is 3. The minimum atomic E-state index is -0.211. The van der Waals surface area contributed by atoms with Crippen LogP contribution in [0.2, 0.25) is 0 Å². The van der Waals surface area contributed by atoms with E-state index in [1.54, 1.807) is 25.2 Å². The SMILES string of the molecule is Cc1ccc(C)c(NC(=O)c2ccc3c(c2)N(C)C(=O)CCO3)c1. The molecule has 1 aliphatic rings. The van der Waals surface area contributed by atoms with Crippen molar-refractivity contribution in [3.05, 3.63) is 53.1 Å². The van der Waals surface area contributed by atoms with Gasteiger partial charge in [0.1, 0.15) is 5.75 Å². The third kappa shape index (κ3) is 3.11. The fourth-order valence-corrected chi connectivity index (χ4v) is 2.66. The second kappa shape index (κ2) is 6.35. The van der Waals surface area contributed by atoms with Gasteiger partial charge >= 0.3 is 0 Å². The first-order chi connectivity index (χ1) is 11.5. The number of hydrogen-bond donors (Lipinski definition) is 1. The Balaban J connectivity index is 1.90. The quantitative estimate of drug-likeness (QED) is 0.922. The number of rotatable bonds is 2. The number of amides is 2. The van der Waals surface area contributed by atoms with Gasteiger partial charge in [0.15, 0.2) is 0 Å². The highest BCUT2D eigenvalue weighted by Gasteiger charge is 2.21. The maximum atomic E-state index is 12.6. The molecule has 0 aliphatic carbocycles. The molecule has 0 atom stereocenters. The van der Waals surface area contributed by atoms with Crippen molar-refractivity contribution in [3.8, 4) is 5.75 Å². The number of nitrogens with one attached hydrogen (secondary N) is 1. The van der Waals surface area contributed by atoms with Crippen molar-refractivity contribution >= 4 is 23.2 Å². The highest BCUT2D eigenvalue weighted by atomic mass is 16.5. The van der Waals surface area contributed by atoms with Crippen molar-refractivity contribution in [2.45, 2.75) is 20.3 Å². The Bertz CT molecular complexity index is 814. The van der Waals surface area contributed by atoms with E-state index in [4.69, 9.17) is 4.74 Å². The zero-order valence-electron chi connectivity index (χ0n) is 14.1. The molecule has 5 heteroatoms. The zero-order valence-corrected chi connectivity index (χ0v) is 14.1. The highest BCUT2D eigenvalue weighted by Crippen LogP contribution is 2.31. The Morgan fingerprint density at radius 1 is 1.17 bits per heavy atom. The van der Waals surface area contributed by atoms with Gasteiger partial charge in [0.05, 0.1) is 18.7 Å². The predicted molar refractivity (Wildman–Crippen MR) is 93.8 cm³/mol. The molecule has 5 nitrogen and oxygen atoms in total. The lowest BCUT2D eigenvalue weighted by Gasteiger charge is -2.17. The number of ether oxygens (including phenoxy) is 1. The third-order valence-electron chi connectivity index (χ3n) is 4.17. The molecule has 2 amide bonds. The monoisotopic (exact) mass is 324 g/mol. The summed E-state index contributed by atoms with van der Waals surface area (Å²) < 4.78 is 5.58. The molecule has 0 fully saturated rings. The van der Waals surface area contributed by atoms with Crippen LogP contribution in [-0.4, -0.2) is 25.5 Å². The van der Waals surface area contributed by atoms with Gasteiger partial charge in [-0.2, -0.15) is 0 Å². The number of benzene rings is 2. The standard InChI is InChI=1S/C19H20N2O3/c1-12-4-5-13(2)15(10-12)20-19(23)14-6-7-17-16(11-14)21(3)18(22)8-9-24-17/h4-7,10-11H,8-9H2,1-3H3,(H,20,23). The fourth-order valence-electron chi connectivity index (χ4n) is 2.66. The summed E-state index contributed by atoms with van der Waals surface area (Å²) >= 11 is 0. The van der Waals surface area contributed by atoms with E-state index < -0.39 is 0 Å². The first kappa shape index (κ1) is 16.1. The molecule has 0 saturated heterocycles. The molecule has 2 aromatic carbocycles. The highest BCUT2D eigenvalue weighted by molar-refractivity contribution is 6.06. The van der Waals surface area contributed by atoms with E-state index in [2.05, 4.69) is 5.32 Å². The van der Waals surface area contributed by atoms with Gasteiger partial charge in [-0.25, -0.2) is 0 Å². The van der Waals surface area contributed by atoms with E-state index in [0.717, 1.165) is 16.8 Å². The van der Waals surface area contributed by atoms with E-state index in [0.29, 0.717) is 30.0 Å². The smallest absolute Gasteiger partial charge is 0.255 e. The van der Waals surface area contributed by atoms with Crippen LogP contribution < -0.4 is 15.0 Å². The fraction of sp³-hybridized carbons (Fsp3) is 0.263. The Morgan fingerprint density at radius 3 is 2.75 bits per heavy atom. The maximum Gasteiger partial charge on any atom is 0.255 e. The molecular formula is C19H20N2O3. The summed E-state index contributed by atoms with van der Waals surface area (Å²) in [6.45, 7) is 4.28. The molecule has 0 aromatic heterocycles. The molecule has 3 rings (SSSR count). The lowest BCUT2D eigenvalue weighted by Crippen LogP contribution is -2.25.